The van der Waals surface area contributed by atoms with Gasteiger partial charge in [-0.2, -0.15) is 0 Å². The zero-order valence-corrected chi connectivity index (χ0v) is 13.9. The van der Waals surface area contributed by atoms with Gasteiger partial charge in [0.2, 0.25) is 0 Å². The third-order valence-electron chi connectivity index (χ3n) is 4.65. The summed E-state index contributed by atoms with van der Waals surface area (Å²) in [5, 5.41) is 8.36. The number of fused-ring (bicyclic) bond motifs is 1. The van der Waals surface area contributed by atoms with Crippen molar-refractivity contribution in [1.82, 2.24) is 19.5 Å². The SMILES string of the molecule is O=C(c1ccn2c(-c3ccc(F)cc3)nnc2c1)N1CCCCCC1. The maximum absolute atomic E-state index is 13.1. The summed E-state index contributed by atoms with van der Waals surface area (Å²) in [7, 11) is 0. The summed E-state index contributed by atoms with van der Waals surface area (Å²) in [6.07, 6.45) is 6.31. The fraction of sp³-hybridized carbons (Fsp3) is 0.316. The molecule has 3 heterocycles. The van der Waals surface area contributed by atoms with Gasteiger partial charge < -0.3 is 4.90 Å². The largest absolute Gasteiger partial charge is 0.339 e. The number of nitrogens with zero attached hydrogens (tertiary/aromatic N) is 4. The molecule has 0 aliphatic carbocycles. The molecular weight excluding hydrogens is 319 g/mol. The molecule has 2 aromatic heterocycles. The molecule has 6 heteroatoms. The number of pyridine rings is 1. The lowest BCUT2D eigenvalue weighted by molar-refractivity contribution is 0.0761. The van der Waals surface area contributed by atoms with Crippen molar-refractivity contribution in [3.63, 3.8) is 0 Å². The standard InChI is InChI=1S/C19H19FN4O/c20-16-7-5-14(6-8-16)18-22-21-17-13-15(9-12-24(17)18)19(25)23-10-3-1-2-4-11-23/h5-9,12-13H,1-4,10-11H2. The summed E-state index contributed by atoms with van der Waals surface area (Å²) in [4.78, 5) is 14.7. The van der Waals surface area contributed by atoms with Gasteiger partial charge in [-0.05, 0) is 49.2 Å². The molecular formula is C19H19FN4O. The molecule has 5 nitrogen and oxygen atoms in total. The van der Waals surface area contributed by atoms with Crippen LogP contribution < -0.4 is 0 Å². The molecule has 1 aliphatic heterocycles. The number of carbonyl (C=O) groups is 1. The van der Waals surface area contributed by atoms with E-state index in [4.69, 9.17) is 0 Å². The van der Waals surface area contributed by atoms with Crippen LogP contribution in [0.4, 0.5) is 4.39 Å². The summed E-state index contributed by atoms with van der Waals surface area (Å²) < 4.78 is 14.9. The monoisotopic (exact) mass is 338 g/mol. The molecule has 3 aromatic rings. The van der Waals surface area contributed by atoms with Crippen molar-refractivity contribution in [2.45, 2.75) is 25.7 Å². The van der Waals surface area contributed by atoms with Gasteiger partial charge in [0.15, 0.2) is 11.5 Å². The van der Waals surface area contributed by atoms with Crippen LogP contribution in [-0.4, -0.2) is 38.5 Å². The summed E-state index contributed by atoms with van der Waals surface area (Å²) in [6.45, 7) is 1.63. The third kappa shape index (κ3) is 3.12. The van der Waals surface area contributed by atoms with E-state index in [9.17, 15) is 9.18 Å². The number of hydrogen-bond acceptors (Lipinski definition) is 3. The summed E-state index contributed by atoms with van der Waals surface area (Å²) >= 11 is 0. The maximum Gasteiger partial charge on any atom is 0.254 e. The summed E-state index contributed by atoms with van der Waals surface area (Å²) in [5.74, 6) is 0.391. The Balaban J connectivity index is 1.65. The van der Waals surface area contributed by atoms with E-state index in [1.165, 1.54) is 25.0 Å². The Labute approximate surface area is 145 Å². The van der Waals surface area contributed by atoms with E-state index >= 15 is 0 Å². The Hall–Kier alpha value is -2.76. The van der Waals surface area contributed by atoms with Crippen molar-refractivity contribution in [3.05, 3.63) is 54.0 Å². The first kappa shape index (κ1) is 15.7. The van der Waals surface area contributed by atoms with Crippen molar-refractivity contribution in [2.24, 2.45) is 0 Å². The lowest BCUT2D eigenvalue weighted by Gasteiger charge is -2.20. The topological polar surface area (TPSA) is 50.5 Å². The Morgan fingerprint density at radius 2 is 1.68 bits per heavy atom. The van der Waals surface area contributed by atoms with E-state index in [1.54, 1.807) is 30.5 Å². The van der Waals surface area contributed by atoms with Crippen molar-refractivity contribution in [3.8, 4) is 11.4 Å². The highest BCUT2D eigenvalue weighted by atomic mass is 19.1. The normalized spacial score (nSPS) is 15.3. The number of rotatable bonds is 2. The van der Waals surface area contributed by atoms with Crippen molar-refractivity contribution < 1.29 is 9.18 Å². The minimum absolute atomic E-state index is 0.0516. The van der Waals surface area contributed by atoms with E-state index in [-0.39, 0.29) is 11.7 Å². The molecule has 0 spiro atoms. The van der Waals surface area contributed by atoms with E-state index in [2.05, 4.69) is 10.2 Å². The predicted molar refractivity (Wildman–Crippen MR) is 92.8 cm³/mol. The van der Waals surface area contributed by atoms with Gasteiger partial charge in [-0.15, -0.1) is 10.2 Å². The number of likely N-dealkylation sites (tertiary alicyclic amines) is 1. The van der Waals surface area contributed by atoms with Crippen LogP contribution in [0.1, 0.15) is 36.0 Å². The fourth-order valence-electron chi connectivity index (χ4n) is 3.28. The van der Waals surface area contributed by atoms with Crippen LogP contribution in [0.5, 0.6) is 0 Å². The molecule has 0 bridgehead atoms. The zero-order chi connectivity index (χ0) is 17.2. The van der Waals surface area contributed by atoms with E-state index < -0.39 is 0 Å². The van der Waals surface area contributed by atoms with Crippen LogP contribution in [0.25, 0.3) is 17.0 Å². The average molecular weight is 338 g/mol. The van der Waals surface area contributed by atoms with Crippen LogP contribution in [0.15, 0.2) is 42.6 Å². The molecule has 0 atom stereocenters. The molecule has 1 aromatic carbocycles. The Morgan fingerprint density at radius 1 is 0.960 bits per heavy atom. The number of amides is 1. The van der Waals surface area contributed by atoms with Gasteiger partial charge in [0.05, 0.1) is 0 Å². The van der Waals surface area contributed by atoms with Gasteiger partial charge in [-0.25, -0.2) is 4.39 Å². The lowest BCUT2D eigenvalue weighted by Crippen LogP contribution is -2.31. The Kier molecular flexibility index (Phi) is 4.17. The van der Waals surface area contributed by atoms with Crippen LogP contribution >= 0.6 is 0 Å². The molecule has 128 valence electrons. The van der Waals surface area contributed by atoms with Gasteiger partial charge in [-0.1, -0.05) is 12.8 Å². The van der Waals surface area contributed by atoms with Crippen LogP contribution in [0.2, 0.25) is 0 Å². The predicted octanol–water partition coefficient (Wildman–Crippen LogP) is 3.55. The second-order valence-corrected chi connectivity index (χ2v) is 6.38. The second-order valence-electron chi connectivity index (χ2n) is 6.38. The summed E-state index contributed by atoms with van der Waals surface area (Å²) in [5.41, 5.74) is 2.02. The zero-order valence-electron chi connectivity index (χ0n) is 13.9. The van der Waals surface area contributed by atoms with Gasteiger partial charge in [0.25, 0.3) is 5.91 Å². The van der Waals surface area contributed by atoms with Gasteiger partial charge in [0.1, 0.15) is 5.82 Å². The first-order valence-corrected chi connectivity index (χ1v) is 8.62. The van der Waals surface area contributed by atoms with Crippen LogP contribution in [-0.2, 0) is 0 Å². The molecule has 25 heavy (non-hydrogen) atoms. The van der Waals surface area contributed by atoms with Crippen LogP contribution in [0, 0.1) is 5.82 Å². The van der Waals surface area contributed by atoms with Crippen LogP contribution in [0.3, 0.4) is 0 Å². The maximum atomic E-state index is 13.1. The highest BCUT2D eigenvalue weighted by Gasteiger charge is 2.18. The highest BCUT2D eigenvalue weighted by Crippen LogP contribution is 2.20. The van der Waals surface area contributed by atoms with Crippen molar-refractivity contribution in [1.29, 1.82) is 0 Å². The minimum Gasteiger partial charge on any atom is -0.339 e. The fourth-order valence-corrected chi connectivity index (χ4v) is 3.28. The lowest BCUT2D eigenvalue weighted by atomic mass is 10.2. The molecule has 1 fully saturated rings. The smallest absolute Gasteiger partial charge is 0.254 e. The average Bonchev–Trinajstić information content (AvgIpc) is 2.87. The number of carbonyl (C=O) groups excluding carboxylic acids is 1. The number of halogens is 1. The first-order valence-electron chi connectivity index (χ1n) is 8.62. The molecule has 4 rings (SSSR count). The molecule has 1 aliphatic rings. The number of aromatic nitrogens is 3. The van der Waals surface area contributed by atoms with Crippen molar-refractivity contribution in [2.75, 3.05) is 13.1 Å². The molecule has 0 saturated carbocycles. The van der Waals surface area contributed by atoms with Crippen molar-refractivity contribution >= 4 is 11.6 Å². The second kappa shape index (κ2) is 6.63. The number of hydrogen-bond donors (Lipinski definition) is 0. The summed E-state index contributed by atoms with van der Waals surface area (Å²) in [6, 6.07) is 9.70. The molecule has 0 unspecified atom stereocenters. The van der Waals surface area contributed by atoms with Gasteiger partial charge >= 0.3 is 0 Å². The van der Waals surface area contributed by atoms with Gasteiger partial charge in [-0.3, -0.25) is 9.20 Å². The molecule has 1 saturated heterocycles. The molecule has 0 radical (unpaired) electrons. The van der Waals surface area contributed by atoms with E-state index in [0.717, 1.165) is 31.5 Å². The van der Waals surface area contributed by atoms with Gasteiger partial charge in [0, 0.05) is 30.4 Å². The Bertz CT molecular complexity index is 895. The highest BCUT2D eigenvalue weighted by molar-refractivity contribution is 5.95. The van der Waals surface area contributed by atoms with E-state index in [1.807, 2.05) is 9.30 Å². The minimum atomic E-state index is -0.289. The quantitative estimate of drug-likeness (QED) is 0.718. The third-order valence-corrected chi connectivity index (χ3v) is 4.65. The first-order chi connectivity index (χ1) is 12.2. The Morgan fingerprint density at radius 3 is 2.40 bits per heavy atom. The van der Waals surface area contributed by atoms with E-state index in [0.29, 0.717) is 17.0 Å². The molecule has 0 N–H and O–H groups in total. The number of benzene rings is 1. The molecule has 1 amide bonds.